The number of ether oxygens (including phenoxy) is 2. The zero-order valence-electron chi connectivity index (χ0n) is 20.1. The van der Waals surface area contributed by atoms with Crippen LogP contribution in [-0.2, 0) is 16.0 Å². The summed E-state index contributed by atoms with van der Waals surface area (Å²) in [6.45, 7) is 4.30. The number of carbonyl (C=O) groups excluding carboxylic acids is 2. The Morgan fingerprint density at radius 1 is 0.941 bits per heavy atom. The summed E-state index contributed by atoms with van der Waals surface area (Å²) in [6, 6.07) is 18.7. The second-order valence-corrected chi connectivity index (χ2v) is 8.55. The summed E-state index contributed by atoms with van der Waals surface area (Å²) in [5, 5.41) is 12.3. The Bertz CT molecular complexity index is 1100. The second-order valence-electron chi connectivity index (χ2n) is 8.55. The van der Waals surface area contributed by atoms with Crippen molar-refractivity contribution in [3.05, 3.63) is 77.4 Å². The predicted molar refractivity (Wildman–Crippen MR) is 134 cm³/mol. The molecule has 5 nitrogen and oxygen atoms in total. The quantitative estimate of drug-likeness (QED) is 0.186. The summed E-state index contributed by atoms with van der Waals surface area (Å²) < 4.78 is 10.5. The Balaban J connectivity index is 1.69. The van der Waals surface area contributed by atoms with Gasteiger partial charge in [0.15, 0.2) is 12.4 Å². The van der Waals surface area contributed by atoms with E-state index in [-0.39, 0.29) is 18.8 Å². The number of unbranched alkanes of at least 4 members (excludes halogenated alkanes) is 2. The van der Waals surface area contributed by atoms with E-state index in [4.69, 9.17) is 9.47 Å². The minimum absolute atomic E-state index is 0.00125. The van der Waals surface area contributed by atoms with Gasteiger partial charge in [0, 0.05) is 12.0 Å². The number of hydrogen-bond acceptors (Lipinski definition) is 5. The highest BCUT2D eigenvalue weighted by atomic mass is 16.6. The van der Waals surface area contributed by atoms with Crippen molar-refractivity contribution in [2.45, 2.75) is 58.5 Å². The van der Waals surface area contributed by atoms with Gasteiger partial charge in [-0.2, -0.15) is 0 Å². The summed E-state index contributed by atoms with van der Waals surface area (Å²) in [4.78, 5) is 24.8. The molecule has 3 aromatic rings. The number of carbonyl (C=O) groups is 2. The molecule has 1 unspecified atom stereocenters. The molecule has 0 fully saturated rings. The van der Waals surface area contributed by atoms with Crippen LogP contribution in [0.4, 0.5) is 0 Å². The van der Waals surface area contributed by atoms with Crippen molar-refractivity contribution in [3.63, 3.8) is 0 Å². The van der Waals surface area contributed by atoms with Crippen molar-refractivity contribution < 1.29 is 24.2 Å². The largest absolute Gasteiger partial charge is 0.482 e. The van der Waals surface area contributed by atoms with Crippen LogP contribution < -0.4 is 4.74 Å². The highest BCUT2D eigenvalue weighted by molar-refractivity contribution is 6.09. The Morgan fingerprint density at radius 3 is 2.56 bits per heavy atom. The first kappa shape index (κ1) is 25.4. The van der Waals surface area contributed by atoms with Crippen LogP contribution in [0.2, 0.25) is 0 Å². The van der Waals surface area contributed by atoms with Gasteiger partial charge >= 0.3 is 5.97 Å². The molecule has 0 aromatic heterocycles. The van der Waals surface area contributed by atoms with Crippen LogP contribution in [-0.4, -0.2) is 30.1 Å². The minimum Gasteiger partial charge on any atom is -0.482 e. The smallest absolute Gasteiger partial charge is 0.344 e. The summed E-state index contributed by atoms with van der Waals surface area (Å²) >= 11 is 0. The van der Waals surface area contributed by atoms with Crippen molar-refractivity contribution in [1.82, 2.24) is 0 Å². The minimum atomic E-state index is -0.489. The molecule has 0 saturated carbocycles. The fourth-order valence-corrected chi connectivity index (χ4v) is 3.93. The van der Waals surface area contributed by atoms with E-state index < -0.39 is 12.1 Å². The first-order valence-electron chi connectivity index (χ1n) is 12.1. The molecule has 0 radical (unpaired) electrons. The predicted octanol–water partition coefficient (Wildman–Crippen LogP) is 6.21. The van der Waals surface area contributed by atoms with Crippen molar-refractivity contribution in [2.75, 3.05) is 13.2 Å². The van der Waals surface area contributed by atoms with Gasteiger partial charge in [0.25, 0.3) is 0 Å². The van der Waals surface area contributed by atoms with Crippen LogP contribution in [0.1, 0.15) is 73.5 Å². The van der Waals surface area contributed by atoms with Crippen LogP contribution >= 0.6 is 0 Å². The number of aliphatic hydroxyl groups is 1. The number of fused-ring (bicyclic) bond motifs is 1. The Morgan fingerprint density at radius 2 is 1.76 bits per heavy atom. The van der Waals surface area contributed by atoms with Gasteiger partial charge in [-0.15, -0.1) is 0 Å². The molecule has 1 N–H and O–H groups in total. The second kappa shape index (κ2) is 12.9. The Labute approximate surface area is 201 Å². The fraction of sp³-hybridized carbons (Fsp3) is 0.379. The van der Waals surface area contributed by atoms with Gasteiger partial charge in [-0.25, -0.2) is 4.79 Å². The van der Waals surface area contributed by atoms with Crippen molar-refractivity contribution in [2.24, 2.45) is 0 Å². The Hall–Kier alpha value is -3.18. The lowest BCUT2D eigenvalue weighted by molar-refractivity contribution is -0.146. The molecule has 3 rings (SSSR count). The average molecular weight is 463 g/mol. The van der Waals surface area contributed by atoms with E-state index in [1.54, 1.807) is 12.1 Å². The highest BCUT2D eigenvalue weighted by Crippen LogP contribution is 2.27. The number of aliphatic hydroxyl groups excluding tert-OH is 1. The SMILES string of the molecule is CCCCCC(O)c1ccc2c(C(=O)Cc3cccc(OCC(=O)OCCC)c3)cccc2c1. The normalized spacial score (nSPS) is 11.9. The van der Waals surface area contributed by atoms with E-state index in [0.717, 1.165) is 54.0 Å². The Kier molecular flexibility index (Phi) is 9.65. The molecule has 0 heterocycles. The molecule has 0 bridgehead atoms. The summed E-state index contributed by atoms with van der Waals surface area (Å²) in [7, 11) is 0. The van der Waals surface area contributed by atoms with E-state index in [1.807, 2.05) is 55.5 Å². The van der Waals surface area contributed by atoms with Crippen LogP contribution in [0, 0.1) is 0 Å². The van der Waals surface area contributed by atoms with E-state index in [0.29, 0.717) is 17.9 Å². The maximum Gasteiger partial charge on any atom is 0.344 e. The summed E-state index contributed by atoms with van der Waals surface area (Å²) in [5.74, 6) is 0.119. The molecule has 0 aliphatic carbocycles. The third kappa shape index (κ3) is 7.16. The lowest BCUT2D eigenvalue weighted by atomic mass is 9.94. The average Bonchev–Trinajstić information content (AvgIpc) is 2.85. The molecule has 0 aliphatic heterocycles. The van der Waals surface area contributed by atoms with Gasteiger partial charge in [0.2, 0.25) is 0 Å². The number of ketones is 1. The summed E-state index contributed by atoms with van der Waals surface area (Å²) in [5.41, 5.74) is 2.35. The maximum absolute atomic E-state index is 13.2. The fourth-order valence-electron chi connectivity index (χ4n) is 3.93. The first-order chi connectivity index (χ1) is 16.5. The van der Waals surface area contributed by atoms with E-state index in [9.17, 15) is 14.7 Å². The number of Topliss-reactive ketones (excluding diaryl/α,β-unsaturated/α-hetero) is 1. The van der Waals surface area contributed by atoms with Crippen LogP contribution in [0.3, 0.4) is 0 Å². The van der Waals surface area contributed by atoms with Gasteiger partial charge in [0.05, 0.1) is 12.7 Å². The van der Waals surface area contributed by atoms with E-state index in [1.165, 1.54) is 0 Å². The van der Waals surface area contributed by atoms with Crippen LogP contribution in [0.25, 0.3) is 10.8 Å². The monoisotopic (exact) mass is 462 g/mol. The van der Waals surface area contributed by atoms with Gasteiger partial charge in [0.1, 0.15) is 5.75 Å². The molecule has 180 valence electrons. The highest BCUT2D eigenvalue weighted by Gasteiger charge is 2.14. The zero-order chi connectivity index (χ0) is 24.3. The summed E-state index contributed by atoms with van der Waals surface area (Å²) in [6.07, 6.45) is 4.46. The molecule has 5 heteroatoms. The molecule has 0 aliphatic rings. The first-order valence-corrected chi connectivity index (χ1v) is 12.1. The number of benzene rings is 3. The van der Waals surface area contributed by atoms with Gasteiger partial charge in [-0.05, 0) is 52.9 Å². The van der Waals surface area contributed by atoms with Gasteiger partial charge in [-0.1, -0.05) is 75.6 Å². The molecule has 34 heavy (non-hydrogen) atoms. The number of esters is 1. The van der Waals surface area contributed by atoms with Crippen molar-refractivity contribution in [3.8, 4) is 5.75 Å². The molecular formula is C29H34O5. The van der Waals surface area contributed by atoms with Crippen molar-refractivity contribution in [1.29, 1.82) is 0 Å². The van der Waals surface area contributed by atoms with Gasteiger partial charge < -0.3 is 14.6 Å². The maximum atomic E-state index is 13.2. The lowest BCUT2D eigenvalue weighted by Crippen LogP contribution is -2.15. The number of hydrogen-bond donors (Lipinski definition) is 1. The molecular weight excluding hydrogens is 428 g/mol. The van der Waals surface area contributed by atoms with Crippen molar-refractivity contribution >= 4 is 22.5 Å². The lowest BCUT2D eigenvalue weighted by Gasteiger charge is -2.13. The molecule has 0 spiro atoms. The van der Waals surface area contributed by atoms with E-state index >= 15 is 0 Å². The number of rotatable bonds is 13. The molecule has 3 aromatic carbocycles. The van der Waals surface area contributed by atoms with E-state index in [2.05, 4.69) is 6.92 Å². The molecule has 0 amide bonds. The van der Waals surface area contributed by atoms with Gasteiger partial charge in [-0.3, -0.25) is 4.79 Å². The third-order valence-electron chi connectivity index (χ3n) is 5.76. The molecule has 0 saturated heterocycles. The third-order valence-corrected chi connectivity index (χ3v) is 5.76. The topological polar surface area (TPSA) is 72.8 Å². The standard InChI is InChI=1S/C29H34O5/c1-3-5-6-13-27(30)23-14-15-25-22(19-23)10-8-12-26(25)28(31)18-21-9-7-11-24(17-21)34-20-29(32)33-16-4-2/h7-12,14-15,17,19,27,30H,3-6,13,16,18,20H2,1-2H3. The van der Waals surface area contributed by atoms with Crippen LogP contribution in [0.5, 0.6) is 5.75 Å². The zero-order valence-corrected chi connectivity index (χ0v) is 20.1. The van der Waals surface area contributed by atoms with Crippen LogP contribution in [0.15, 0.2) is 60.7 Å². The molecule has 1 atom stereocenters.